The van der Waals surface area contributed by atoms with Crippen LogP contribution < -0.4 is 0 Å². The Bertz CT molecular complexity index is 1050. The van der Waals surface area contributed by atoms with Crippen molar-refractivity contribution in [3.8, 4) is 0 Å². The van der Waals surface area contributed by atoms with Crippen molar-refractivity contribution in [3.63, 3.8) is 0 Å². The van der Waals surface area contributed by atoms with E-state index in [0.29, 0.717) is 10.8 Å². The van der Waals surface area contributed by atoms with Crippen molar-refractivity contribution >= 4 is 45.8 Å². The van der Waals surface area contributed by atoms with Gasteiger partial charge < -0.3 is 9.47 Å². The summed E-state index contributed by atoms with van der Waals surface area (Å²) in [5.74, 6) is -7.14. The van der Waals surface area contributed by atoms with Crippen LogP contribution in [0.3, 0.4) is 0 Å². The van der Waals surface area contributed by atoms with Crippen molar-refractivity contribution in [3.05, 3.63) is 47.5 Å². The minimum atomic E-state index is -1.30. The molecule has 2 rings (SSSR count). The third-order valence-electron chi connectivity index (χ3n) is 3.95. The van der Waals surface area contributed by atoms with E-state index in [2.05, 4.69) is 0 Å². The van der Waals surface area contributed by atoms with E-state index in [-0.39, 0.29) is 11.1 Å². The van der Waals surface area contributed by atoms with Crippen molar-refractivity contribution in [2.45, 2.75) is 52.7 Å². The molecule has 2 aromatic rings. The molecule has 0 aromatic heterocycles. The maximum Gasteiger partial charge on any atom is 0.383 e. The lowest BCUT2D eigenvalue weighted by atomic mass is 9.98. The summed E-state index contributed by atoms with van der Waals surface area (Å²) in [6.07, 6.45) is 0. The number of hydrogen-bond donors (Lipinski definition) is 0. The lowest BCUT2D eigenvalue weighted by Crippen LogP contribution is -2.33. The minimum Gasteiger partial charge on any atom is -0.454 e. The molecule has 2 aromatic carbocycles. The third-order valence-corrected chi connectivity index (χ3v) is 3.95. The molecule has 0 fully saturated rings. The number of rotatable bonds is 6. The highest BCUT2D eigenvalue weighted by molar-refractivity contribution is 6.66. The van der Waals surface area contributed by atoms with E-state index in [4.69, 9.17) is 9.47 Å². The summed E-state index contributed by atoms with van der Waals surface area (Å²) >= 11 is 0. The first-order valence-corrected chi connectivity index (χ1v) is 9.77. The predicted molar refractivity (Wildman–Crippen MR) is 114 cm³/mol. The zero-order valence-corrected chi connectivity index (χ0v) is 18.7. The van der Waals surface area contributed by atoms with Gasteiger partial charge in [-0.15, -0.1) is 0 Å². The van der Waals surface area contributed by atoms with E-state index in [1.54, 1.807) is 41.5 Å². The number of benzene rings is 2. The quantitative estimate of drug-likeness (QED) is 0.291. The average Bonchev–Trinajstić information content (AvgIpc) is 2.68. The fraction of sp³-hybridized carbons (Fsp3) is 0.333. The van der Waals surface area contributed by atoms with Gasteiger partial charge in [-0.25, -0.2) is 9.59 Å². The van der Waals surface area contributed by atoms with Crippen LogP contribution in [0.5, 0.6) is 0 Å². The maximum absolute atomic E-state index is 12.4. The lowest BCUT2D eigenvalue weighted by molar-refractivity contribution is -0.160. The molecule has 8 nitrogen and oxygen atoms in total. The molecule has 8 heteroatoms. The van der Waals surface area contributed by atoms with Gasteiger partial charge in [0.1, 0.15) is 11.2 Å². The van der Waals surface area contributed by atoms with Gasteiger partial charge in [-0.2, -0.15) is 0 Å². The van der Waals surface area contributed by atoms with E-state index < -0.39 is 46.3 Å². The summed E-state index contributed by atoms with van der Waals surface area (Å²) < 4.78 is 9.85. The molecule has 0 aliphatic carbocycles. The zero-order valence-electron chi connectivity index (χ0n) is 18.7. The van der Waals surface area contributed by atoms with Crippen LogP contribution in [0.4, 0.5) is 0 Å². The second-order valence-electron chi connectivity index (χ2n) is 9.10. The summed E-state index contributed by atoms with van der Waals surface area (Å²) in [4.78, 5) is 72.6. The predicted octanol–water partition coefficient (Wildman–Crippen LogP) is 3.03. The topological polar surface area (TPSA) is 121 Å². The fourth-order valence-corrected chi connectivity index (χ4v) is 2.62. The molecule has 0 N–H and O–H groups in total. The Morgan fingerprint density at radius 2 is 0.875 bits per heavy atom. The Balaban J connectivity index is 2.25. The van der Waals surface area contributed by atoms with E-state index in [1.807, 2.05) is 0 Å². The molecule has 0 saturated carbocycles. The van der Waals surface area contributed by atoms with E-state index in [0.717, 1.165) is 0 Å². The highest BCUT2D eigenvalue weighted by Crippen LogP contribution is 2.20. The van der Waals surface area contributed by atoms with Gasteiger partial charge in [0.05, 0.1) is 0 Å². The molecule has 0 aliphatic heterocycles. The van der Waals surface area contributed by atoms with Crippen LogP contribution in [0.2, 0.25) is 0 Å². The smallest absolute Gasteiger partial charge is 0.383 e. The first-order chi connectivity index (χ1) is 14.6. The first-order valence-electron chi connectivity index (χ1n) is 9.77. The highest BCUT2D eigenvalue weighted by Gasteiger charge is 2.31. The molecule has 0 heterocycles. The van der Waals surface area contributed by atoms with E-state index in [9.17, 15) is 28.8 Å². The Morgan fingerprint density at radius 3 is 1.16 bits per heavy atom. The summed E-state index contributed by atoms with van der Waals surface area (Å²) in [5, 5.41) is 0.961. The highest BCUT2D eigenvalue weighted by atomic mass is 16.6. The number of carbonyl (C=O) groups excluding carboxylic acids is 6. The van der Waals surface area contributed by atoms with E-state index in [1.165, 1.54) is 36.4 Å². The Morgan fingerprint density at radius 1 is 0.562 bits per heavy atom. The molecule has 0 unspecified atom stereocenters. The second-order valence-corrected chi connectivity index (χ2v) is 9.10. The maximum atomic E-state index is 12.4. The standard InChI is InChI=1S/C24H24O8/c1-23(2,3)31-21(29)19(27)17(25)15-9-7-14-12-16(10-8-13(14)11-15)18(26)20(28)22(30)32-24(4,5)6/h7-12H,1-6H3. The number of ketones is 4. The number of Topliss-reactive ketones (excluding diaryl/α,β-unsaturated/α-hetero) is 4. The van der Waals surface area contributed by atoms with Gasteiger partial charge in [0.2, 0.25) is 11.6 Å². The molecule has 0 spiro atoms. The summed E-state index contributed by atoms with van der Waals surface area (Å²) in [5.41, 5.74) is -1.90. The molecule has 0 aliphatic rings. The average molecular weight is 440 g/mol. The largest absolute Gasteiger partial charge is 0.454 e. The third kappa shape index (κ3) is 6.16. The summed E-state index contributed by atoms with van der Waals surface area (Å²) in [6, 6.07) is 8.31. The van der Waals surface area contributed by atoms with Crippen LogP contribution in [0.15, 0.2) is 36.4 Å². The summed E-state index contributed by atoms with van der Waals surface area (Å²) in [6.45, 7) is 9.45. The number of hydrogen-bond acceptors (Lipinski definition) is 8. The van der Waals surface area contributed by atoms with Gasteiger partial charge in [0.15, 0.2) is 0 Å². The lowest BCUT2D eigenvalue weighted by Gasteiger charge is -2.18. The van der Waals surface area contributed by atoms with Gasteiger partial charge in [0.25, 0.3) is 0 Å². The first kappa shape index (κ1) is 24.6. The summed E-state index contributed by atoms with van der Waals surface area (Å²) in [7, 11) is 0. The van der Waals surface area contributed by atoms with Gasteiger partial charge >= 0.3 is 23.5 Å². The number of carbonyl (C=O) groups is 6. The van der Waals surface area contributed by atoms with Gasteiger partial charge in [-0.1, -0.05) is 24.3 Å². The molecular weight excluding hydrogens is 416 g/mol. The van der Waals surface area contributed by atoms with Crippen molar-refractivity contribution in [2.24, 2.45) is 0 Å². The normalized spacial score (nSPS) is 11.6. The Hall–Kier alpha value is -3.68. The number of ether oxygens (including phenoxy) is 2. The van der Waals surface area contributed by atoms with Crippen LogP contribution in [0.1, 0.15) is 62.3 Å². The minimum absolute atomic E-state index is 0.0303. The van der Waals surface area contributed by atoms with Crippen molar-refractivity contribution in [1.29, 1.82) is 0 Å². The monoisotopic (exact) mass is 440 g/mol. The van der Waals surface area contributed by atoms with Crippen molar-refractivity contribution in [2.75, 3.05) is 0 Å². The van der Waals surface area contributed by atoms with Crippen LogP contribution in [-0.4, -0.2) is 46.3 Å². The molecule has 0 saturated heterocycles. The van der Waals surface area contributed by atoms with Gasteiger partial charge in [0, 0.05) is 11.1 Å². The number of fused-ring (bicyclic) bond motifs is 1. The Labute approximate surface area is 184 Å². The van der Waals surface area contributed by atoms with Crippen LogP contribution in [0.25, 0.3) is 10.8 Å². The van der Waals surface area contributed by atoms with Crippen LogP contribution >= 0.6 is 0 Å². The van der Waals surface area contributed by atoms with Crippen LogP contribution in [0, 0.1) is 0 Å². The number of esters is 2. The van der Waals surface area contributed by atoms with Crippen molar-refractivity contribution < 1.29 is 38.2 Å². The Kier molecular flexibility index (Phi) is 6.78. The molecule has 0 bridgehead atoms. The molecule has 168 valence electrons. The van der Waals surface area contributed by atoms with Crippen molar-refractivity contribution in [1.82, 2.24) is 0 Å². The molecule has 32 heavy (non-hydrogen) atoms. The fourth-order valence-electron chi connectivity index (χ4n) is 2.62. The van der Waals surface area contributed by atoms with E-state index >= 15 is 0 Å². The molecular formula is C24H24O8. The molecule has 0 atom stereocenters. The van der Waals surface area contributed by atoms with Gasteiger partial charge in [-0.3, -0.25) is 19.2 Å². The molecule has 0 radical (unpaired) electrons. The zero-order chi connectivity index (χ0) is 24.4. The molecule has 0 amide bonds. The second kappa shape index (κ2) is 8.82. The van der Waals surface area contributed by atoms with Gasteiger partial charge in [-0.05, 0) is 64.4 Å². The van der Waals surface area contributed by atoms with Crippen LogP contribution in [-0.2, 0) is 28.7 Å². The SMILES string of the molecule is CC(C)(C)OC(=O)C(=O)C(=O)c1ccc2cc(C(=O)C(=O)C(=O)OC(C)(C)C)ccc2c1.